The summed E-state index contributed by atoms with van der Waals surface area (Å²) in [6, 6.07) is 0. The van der Waals surface area contributed by atoms with Gasteiger partial charge < -0.3 is 9.59 Å². The molecule has 0 bridgehead atoms. The fourth-order valence-corrected chi connectivity index (χ4v) is 0. The van der Waals surface area contributed by atoms with Crippen molar-refractivity contribution in [3.05, 3.63) is 0 Å². The van der Waals surface area contributed by atoms with Gasteiger partial charge in [-0.3, -0.25) is 4.46 Å². The van der Waals surface area contributed by atoms with E-state index in [-0.39, 0.29) is 78.2 Å². The van der Waals surface area contributed by atoms with E-state index in [0.717, 1.165) is 0 Å². The molecular formula is H9AlCaMgO3Si. The van der Waals surface area contributed by atoms with E-state index in [1.807, 2.05) is 0 Å². The van der Waals surface area contributed by atoms with Crippen molar-refractivity contribution in [2.45, 2.75) is 0 Å². The maximum absolute atomic E-state index is 8.74. The van der Waals surface area contributed by atoms with Crippen LogP contribution >= 0.6 is 0 Å². The second-order valence-corrected chi connectivity index (χ2v) is 0.848. The standard InChI is InChI=1S/Al.Ca.Mg.H2O3Si.7H/c;;;1-4(2)3;;;;;;;/h;;;1-2H;;;;;;;. The van der Waals surface area contributed by atoms with Gasteiger partial charge in [0.1, 0.15) is 0 Å². The van der Waals surface area contributed by atoms with Crippen LogP contribution in [-0.4, -0.2) is 96.9 Å². The molecule has 7 heavy (non-hydrogen) atoms. The molecular weight excluding hydrogens is 167 g/mol. The van der Waals surface area contributed by atoms with Crippen LogP contribution in [0.2, 0.25) is 0 Å². The Morgan fingerprint density at radius 2 is 1.29 bits per heavy atom. The summed E-state index contributed by atoms with van der Waals surface area (Å²) in [5.74, 6) is 0. The van der Waals surface area contributed by atoms with Crippen LogP contribution in [0.3, 0.4) is 0 Å². The summed E-state index contributed by atoms with van der Waals surface area (Å²) >= 11 is 0. The zero-order chi connectivity index (χ0) is 3.58. The first-order valence-electron chi connectivity index (χ1n) is 0.651. The van der Waals surface area contributed by atoms with Gasteiger partial charge in [-0.15, -0.1) is 0 Å². The van der Waals surface area contributed by atoms with Crippen LogP contribution in [0.25, 0.3) is 0 Å². The second-order valence-electron chi connectivity index (χ2n) is 0.283. The maximum atomic E-state index is 8.74. The van der Waals surface area contributed by atoms with Crippen molar-refractivity contribution in [3.63, 3.8) is 0 Å². The molecule has 0 aliphatic heterocycles. The van der Waals surface area contributed by atoms with Crippen molar-refractivity contribution in [3.8, 4) is 0 Å². The van der Waals surface area contributed by atoms with Crippen molar-refractivity contribution in [2.24, 2.45) is 0 Å². The Balaban J connectivity index is -0.0000000150. The predicted molar refractivity (Wildman–Crippen MR) is 37.9 cm³/mol. The number of hydrogen-bond acceptors (Lipinski definition) is 1. The molecule has 7 heteroatoms. The topological polar surface area (TPSA) is 57.5 Å². The van der Waals surface area contributed by atoms with Gasteiger partial charge in [0, 0.05) is 0 Å². The summed E-state index contributed by atoms with van der Waals surface area (Å²) in [6.07, 6.45) is 0. The smallest absolute Gasteiger partial charge is 0.316 e. The zero-order valence-electron chi connectivity index (χ0n) is 1.80. The van der Waals surface area contributed by atoms with Gasteiger partial charge in [-0.25, -0.2) is 0 Å². The van der Waals surface area contributed by atoms with Crippen LogP contribution in [0.1, 0.15) is 0 Å². The van der Waals surface area contributed by atoms with E-state index in [4.69, 9.17) is 14.1 Å². The molecule has 0 unspecified atom stereocenters. The van der Waals surface area contributed by atoms with Crippen LogP contribution in [0.4, 0.5) is 0 Å². The predicted octanol–water partition coefficient (Wildman–Crippen LogP) is -4.63. The monoisotopic (exact) mass is 176 g/mol. The van der Waals surface area contributed by atoms with Crippen LogP contribution < -0.4 is 0 Å². The minimum Gasteiger partial charge on any atom is 0.316 e. The van der Waals surface area contributed by atoms with E-state index in [9.17, 15) is 0 Å². The molecule has 0 aromatic heterocycles. The molecule has 2 N–H and O–H groups in total. The molecule has 0 radical (unpaired) electrons. The minimum atomic E-state index is -3.13. The molecule has 0 aromatic rings. The first-order chi connectivity index (χ1) is 1.73. The van der Waals surface area contributed by atoms with Crippen molar-refractivity contribution >= 4 is 87.3 Å². The van der Waals surface area contributed by atoms with E-state index < -0.39 is 9.17 Å². The molecule has 38 valence electrons. The van der Waals surface area contributed by atoms with E-state index >= 15 is 0 Å². The quantitative estimate of drug-likeness (QED) is 0.365. The average molecular weight is 177 g/mol. The van der Waals surface area contributed by atoms with Gasteiger partial charge in [0.2, 0.25) is 0 Å². The average Bonchev–Trinajstić information content (AvgIpc) is 0.811. The Morgan fingerprint density at radius 3 is 1.29 bits per heavy atom. The van der Waals surface area contributed by atoms with Gasteiger partial charge in [-0.1, -0.05) is 0 Å². The molecule has 0 heterocycles. The maximum Gasteiger partial charge on any atom is 0.316 e. The van der Waals surface area contributed by atoms with E-state index in [1.54, 1.807) is 0 Å². The molecule has 0 saturated heterocycles. The van der Waals surface area contributed by atoms with Gasteiger partial charge in [0.25, 0.3) is 0 Å². The van der Waals surface area contributed by atoms with E-state index in [0.29, 0.717) is 0 Å². The Morgan fingerprint density at radius 1 is 1.29 bits per heavy atom. The second kappa shape index (κ2) is 15.7. The summed E-state index contributed by atoms with van der Waals surface area (Å²) < 4.78 is 8.74. The Kier molecular flexibility index (Phi) is 51.4. The fraction of sp³-hybridized carbons (Fsp3) is 0. The molecule has 0 aliphatic rings. The van der Waals surface area contributed by atoms with Crippen LogP contribution in [0.15, 0.2) is 0 Å². The van der Waals surface area contributed by atoms with Crippen LogP contribution in [0.5, 0.6) is 0 Å². The van der Waals surface area contributed by atoms with Crippen molar-refractivity contribution in [1.29, 1.82) is 0 Å². The van der Waals surface area contributed by atoms with Gasteiger partial charge in [0.15, 0.2) is 17.4 Å². The SMILES string of the molecule is O=[Si](O)O.[AlH3].[CaH2].[MgH2]. The van der Waals surface area contributed by atoms with Gasteiger partial charge >= 0.3 is 70.0 Å². The van der Waals surface area contributed by atoms with Gasteiger partial charge in [-0.05, 0) is 0 Å². The normalized spacial score (nSPS) is 3.43. The summed E-state index contributed by atoms with van der Waals surface area (Å²) in [5.41, 5.74) is 0. The Labute approximate surface area is 99.7 Å². The molecule has 3 nitrogen and oxygen atoms in total. The molecule has 0 aliphatic carbocycles. The zero-order valence-corrected chi connectivity index (χ0v) is 2.80. The van der Waals surface area contributed by atoms with E-state index in [2.05, 4.69) is 0 Å². The molecule has 0 aromatic carbocycles. The molecule has 0 spiro atoms. The van der Waals surface area contributed by atoms with E-state index in [1.165, 1.54) is 0 Å². The molecule has 0 fully saturated rings. The minimum absolute atomic E-state index is 0. The third kappa shape index (κ3) is 65.9. The largest absolute Gasteiger partial charge is 0.316 e. The Bertz CT molecular complexity index is 37.9. The number of rotatable bonds is 0. The van der Waals surface area contributed by atoms with Crippen molar-refractivity contribution < 1.29 is 14.1 Å². The fourth-order valence-electron chi connectivity index (χ4n) is 0. The third-order valence-electron chi connectivity index (χ3n) is 0. The van der Waals surface area contributed by atoms with Crippen LogP contribution in [-0.2, 0) is 4.46 Å². The summed E-state index contributed by atoms with van der Waals surface area (Å²) in [7, 11) is -3.13. The Hall–Kier alpha value is 2.18. The molecule has 0 atom stereocenters. The first kappa shape index (κ1) is 22.9. The molecule has 0 rings (SSSR count). The van der Waals surface area contributed by atoms with Crippen molar-refractivity contribution in [1.82, 2.24) is 0 Å². The molecule has 0 amide bonds. The van der Waals surface area contributed by atoms with Gasteiger partial charge in [0.05, 0.1) is 0 Å². The summed E-state index contributed by atoms with van der Waals surface area (Å²) in [6.45, 7) is 0. The van der Waals surface area contributed by atoms with Crippen LogP contribution in [0, 0.1) is 0 Å². The number of hydrogen-bond donors (Lipinski definition) is 2. The van der Waals surface area contributed by atoms with Crippen molar-refractivity contribution in [2.75, 3.05) is 0 Å². The summed E-state index contributed by atoms with van der Waals surface area (Å²) in [4.78, 5) is 14.3. The van der Waals surface area contributed by atoms with Gasteiger partial charge in [-0.2, -0.15) is 0 Å². The first-order valence-corrected chi connectivity index (χ1v) is 1.95. The summed E-state index contributed by atoms with van der Waals surface area (Å²) in [5, 5.41) is 0. The third-order valence-corrected chi connectivity index (χ3v) is 0. The molecule has 0 saturated carbocycles.